The summed E-state index contributed by atoms with van der Waals surface area (Å²) in [5, 5.41) is 0. The Morgan fingerprint density at radius 1 is 0.844 bits per heavy atom. The Labute approximate surface area is 185 Å². The third kappa shape index (κ3) is 4.30. The fourth-order valence-corrected chi connectivity index (χ4v) is 4.69. The Morgan fingerprint density at radius 3 is 2.41 bits per heavy atom. The molecule has 0 amide bonds. The lowest BCUT2D eigenvalue weighted by atomic mass is 9.78. The average Bonchev–Trinajstić information content (AvgIpc) is 2.76. The second-order valence-electron chi connectivity index (χ2n) is 8.54. The molecule has 3 aromatic carbocycles. The highest BCUT2D eigenvalue weighted by Gasteiger charge is 2.29. The van der Waals surface area contributed by atoms with E-state index in [1.54, 1.807) is 12.1 Å². The second-order valence-corrected chi connectivity index (χ2v) is 8.54. The van der Waals surface area contributed by atoms with Crippen molar-refractivity contribution in [1.29, 1.82) is 0 Å². The molecule has 1 aliphatic carbocycles. The quantitative estimate of drug-likeness (QED) is 0.266. The van der Waals surface area contributed by atoms with E-state index in [1.165, 1.54) is 12.1 Å². The van der Waals surface area contributed by atoms with Crippen LogP contribution < -0.4 is 0 Å². The van der Waals surface area contributed by atoms with Gasteiger partial charge in [0.05, 0.1) is 5.56 Å². The van der Waals surface area contributed by atoms with Crippen molar-refractivity contribution in [3.05, 3.63) is 93.8 Å². The maximum Gasteiger partial charge on any atom is 0.166 e. The summed E-state index contributed by atoms with van der Waals surface area (Å²) in [4.78, 5) is 0. The van der Waals surface area contributed by atoms with Crippen LogP contribution in [0.3, 0.4) is 0 Å². The molecule has 3 aromatic rings. The molecule has 0 radical (unpaired) electrons. The van der Waals surface area contributed by atoms with Crippen LogP contribution in [-0.2, 0) is 19.3 Å². The first-order valence-corrected chi connectivity index (χ1v) is 11.1. The normalized spacial score (nSPS) is 15.6. The van der Waals surface area contributed by atoms with Crippen LogP contribution in [0.5, 0.6) is 0 Å². The summed E-state index contributed by atoms with van der Waals surface area (Å²) in [5.74, 6) is -4.73. The zero-order valence-electron chi connectivity index (χ0n) is 18.0. The SMILES string of the molecule is CCCCCc1ccc(C2CCc3c(cc(F)c(-c4cccc(F)c4F)c3F)C2)c(F)c1. The van der Waals surface area contributed by atoms with Crippen LogP contribution in [0.25, 0.3) is 11.1 Å². The third-order valence-corrected chi connectivity index (χ3v) is 6.42. The molecule has 5 heteroatoms. The molecule has 1 atom stereocenters. The molecule has 0 aromatic heterocycles. The molecule has 32 heavy (non-hydrogen) atoms. The van der Waals surface area contributed by atoms with Crippen LogP contribution in [0, 0.1) is 29.1 Å². The van der Waals surface area contributed by atoms with Crippen molar-refractivity contribution in [3.63, 3.8) is 0 Å². The fourth-order valence-electron chi connectivity index (χ4n) is 4.69. The Bertz CT molecular complexity index is 1140. The summed E-state index contributed by atoms with van der Waals surface area (Å²) in [7, 11) is 0. The number of hydrogen-bond donors (Lipinski definition) is 0. The van der Waals surface area contributed by atoms with Gasteiger partial charge in [-0.3, -0.25) is 0 Å². The van der Waals surface area contributed by atoms with Crippen molar-refractivity contribution in [2.24, 2.45) is 0 Å². The third-order valence-electron chi connectivity index (χ3n) is 6.42. The van der Waals surface area contributed by atoms with Crippen LogP contribution in [0.2, 0.25) is 0 Å². The van der Waals surface area contributed by atoms with Crippen LogP contribution in [-0.4, -0.2) is 0 Å². The molecule has 4 rings (SSSR count). The van der Waals surface area contributed by atoms with Crippen molar-refractivity contribution in [1.82, 2.24) is 0 Å². The minimum absolute atomic E-state index is 0.192. The highest BCUT2D eigenvalue weighted by atomic mass is 19.2. The van der Waals surface area contributed by atoms with E-state index in [0.29, 0.717) is 24.0 Å². The first-order valence-electron chi connectivity index (χ1n) is 11.1. The van der Waals surface area contributed by atoms with Crippen LogP contribution in [0.15, 0.2) is 42.5 Å². The molecule has 0 fully saturated rings. The van der Waals surface area contributed by atoms with Gasteiger partial charge in [0.1, 0.15) is 17.5 Å². The van der Waals surface area contributed by atoms with Crippen molar-refractivity contribution >= 4 is 0 Å². The summed E-state index contributed by atoms with van der Waals surface area (Å²) in [5.41, 5.74) is 1.25. The molecule has 0 saturated carbocycles. The van der Waals surface area contributed by atoms with Gasteiger partial charge in [-0.25, -0.2) is 22.0 Å². The summed E-state index contributed by atoms with van der Waals surface area (Å²) in [6, 6.07) is 9.75. The van der Waals surface area contributed by atoms with E-state index in [2.05, 4.69) is 6.92 Å². The molecule has 0 nitrogen and oxygen atoms in total. The van der Waals surface area contributed by atoms with E-state index in [1.807, 2.05) is 6.07 Å². The van der Waals surface area contributed by atoms with Gasteiger partial charge in [0.25, 0.3) is 0 Å². The van der Waals surface area contributed by atoms with Crippen LogP contribution in [0.4, 0.5) is 22.0 Å². The van der Waals surface area contributed by atoms with E-state index in [9.17, 15) is 17.6 Å². The predicted octanol–water partition coefficient (Wildman–Crippen LogP) is 8.05. The van der Waals surface area contributed by atoms with Gasteiger partial charge in [-0.1, -0.05) is 44.0 Å². The zero-order chi connectivity index (χ0) is 22.8. The smallest absolute Gasteiger partial charge is 0.166 e. The highest BCUT2D eigenvalue weighted by molar-refractivity contribution is 5.68. The number of benzene rings is 3. The predicted molar refractivity (Wildman–Crippen MR) is 116 cm³/mol. The van der Waals surface area contributed by atoms with Crippen molar-refractivity contribution < 1.29 is 22.0 Å². The Morgan fingerprint density at radius 2 is 1.66 bits per heavy atom. The summed E-state index contributed by atoms with van der Waals surface area (Å²) in [6.07, 6.45) is 5.10. The highest BCUT2D eigenvalue weighted by Crippen LogP contribution is 2.40. The maximum absolute atomic E-state index is 15.2. The summed E-state index contributed by atoms with van der Waals surface area (Å²) >= 11 is 0. The molecular weight excluding hydrogens is 419 g/mol. The molecule has 0 spiro atoms. The monoisotopic (exact) mass is 444 g/mol. The van der Waals surface area contributed by atoms with Crippen LogP contribution >= 0.6 is 0 Å². The van der Waals surface area contributed by atoms with Gasteiger partial charge in [0.2, 0.25) is 0 Å². The van der Waals surface area contributed by atoms with Crippen molar-refractivity contribution in [2.45, 2.75) is 57.8 Å². The molecule has 0 saturated heterocycles. The molecule has 0 aliphatic heterocycles. The minimum Gasteiger partial charge on any atom is -0.207 e. The summed E-state index contributed by atoms with van der Waals surface area (Å²) < 4.78 is 72.7. The van der Waals surface area contributed by atoms with Gasteiger partial charge >= 0.3 is 0 Å². The van der Waals surface area contributed by atoms with E-state index < -0.39 is 34.4 Å². The van der Waals surface area contributed by atoms with Crippen LogP contribution in [0.1, 0.15) is 60.8 Å². The molecule has 1 unspecified atom stereocenters. The first kappa shape index (κ1) is 22.5. The number of unbranched alkanes of at least 4 members (excludes halogenated alkanes) is 2. The lowest BCUT2D eigenvalue weighted by molar-refractivity contribution is 0.499. The molecule has 0 heterocycles. The lowest BCUT2D eigenvalue weighted by Crippen LogP contribution is -2.17. The molecular formula is C27H25F5. The van der Waals surface area contributed by atoms with Crippen molar-refractivity contribution in [2.75, 3.05) is 0 Å². The zero-order valence-corrected chi connectivity index (χ0v) is 18.0. The van der Waals surface area contributed by atoms with E-state index in [0.717, 1.165) is 43.4 Å². The average molecular weight is 444 g/mol. The maximum atomic E-state index is 15.2. The van der Waals surface area contributed by atoms with Gasteiger partial charge in [0, 0.05) is 5.56 Å². The van der Waals surface area contributed by atoms with E-state index in [4.69, 9.17) is 0 Å². The fraction of sp³-hybridized carbons (Fsp3) is 0.333. The van der Waals surface area contributed by atoms with Gasteiger partial charge in [-0.2, -0.15) is 0 Å². The van der Waals surface area contributed by atoms with Gasteiger partial charge in [-0.05, 0) is 78.5 Å². The standard InChI is InChI=1S/C27H25F5/c1-2-3-4-6-16-9-11-19(23(29)13-16)17-10-12-20-18(14-17)15-24(30)25(27(20)32)21-7-5-8-22(28)26(21)31/h5,7-9,11,13,15,17H,2-4,6,10,12,14H2,1H3. The van der Waals surface area contributed by atoms with Gasteiger partial charge in [0.15, 0.2) is 11.6 Å². The number of aryl methyl sites for hydroxylation is 1. The molecule has 0 N–H and O–H groups in total. The number of halogens is 5. The second kappa shape index (κ2) is 9.43. The van der Waals surface area contributed by atoms with Crippen molar-refractivity contribution in [3.8, 4) is 11.1 Å². The first-order chi connectivity index (χ1) is 15.4. The topological polar surface area (TPSA) is 0 Å². The Kier molecular flexibility index (Phi) is 6.63. The minimum atomic E-state index is -1.28. The molecule has 168 valence electrons. The Balaban J connectivity index is 1.62. The molecule has 1 aliphatic rings. The lowest BCUT2D eigenvalue weighted by Gasteiger charge is -2.27. The number of fused-ring (bicyclic) bond motifs is 1. The molecule has 0 bridgehead atoms. The van der Waals surface area contributed by atoms with E-state index in [-0.39, 0.29) is 23.7 Å². The number of hydrogen-bond acceptors (Lipinski definition) is 0. The summed E-state index contributed by atoms with van der Waals surface area (Å²) in [6.45, 7) is 2.12. The van der Waals surface area contributed by atoms with Gasteiger partial charge < -0.3 is 0 Å². The largest absolute Gasteiger partial charge is 0.207 e. The van der Waals surface area contributed by atoms with E-state index >= 15 is 4.39 Å². The Hall–Kier alpha value is -2.69. The number of rotatable bonds is 6. The van der Waals surface area contributed by atoms with Gasteiger partial charge in [-0.15, -0.1) is 0 Å².